The predicted molar refractivity (Wildman–Crippen MR) is 120 cm³/mol. The zero-order valence-corrected chi connectivity index (χ0v) is 16.5. The first-order valence-corrected chi connectivity index (χ1v) is 9.94. The minimum absolute atomic E-state index is 0.0182. The third kappa shape index (κ3) is 3.05. The maximum Gasteiger partial charge on any atom is 0.176 e. The summed E-state index contributed by atoms with van der Waals surface area (Å²) in [5.41, 5.74) is 4.64. The molecule has 3 nitrogen and oxygen atoms in total. The van der Waals surface area contributed by atoms with Gasteiger partial charge in [0.15, 0.2) is 11.6 Å². The van der Waals surface area contributed by atoms with Crippen LogP contribution in [0.2, 0.25) is 0 Å². The summed E-state index contributed by atoms with van der Waals surface area (Å²) in [5, 5.41) is 2.24. The summed E-state index contributed by atoms with van der Waals surface area (Å²) in [5.74, 6) is -0.357. The molecule has 144 valence electrons. The summed E-state index contributed by atoms with van der Waals surface area (Å²) in [7, 11) is 0. The Bertz CT molecular complexity index is 1330. The maximum absolute atomic E-state index is 13.4. The molecule has 0 bridgehead atoms. The van der Waals surface area contributed by atoms with E-state index in [1.54, 1.807) is 19.1 Å². The normalized spacial score (nSPS) is 16.8. The lowest BCUT2D eigenvalue weighted by atomic mass is 9.91. The number of ketones is 2. The van der Waals surface area contributed by atoms with Crippen LogP contribution in [0.15, 0.2) is 96.0 Å². The Kier molecular flexibility index (Phi) is 4.36. The molecule has 3 heteroatoms. The van der Waals surface area contributed by atoms with Crippen molar-refractivity contribution in [2.24, 2.45) is 4.99 Å². The van der Waals surface area contributed by atoms with E-state index < -0.39 is 5.92 Å². The van der Waals surface area contributed by atoms with Crippen molar-refractivity contribution >= 4 is 33.7 Å². The van der Waals surface area contributed by atoms with E-state index in [1.807, 2.05) is 54.6 Å². The number of benzene rings is 4. The van der Waals surface area contributed by atoms with E-state index in [1.165, 1.54) is 0 Å². The fourth-order valence-electron chi connectivity index (χ4n) is 4.09. The van der Waals surface area contributed by atoms with E-state index >= 15 is 0 Å². The van der Waals surface area contributed by atoms with Gasteiger partial charge >= 0.3 is 0 Å². The lowest BCUT2D eigenvalue weighted by molar-refractivity contribution is 0.0986. The van der Waals surface area contributed by atoms with Crippen LogP contribution in [0.1, 0.15) is 44.7 Å². The van der Waals surface area contributed by atoms with E-state index in [-0.39, 0.29) is 11.6 Å². The van der Waals surface area contributed by atoms with Gasteiger partial charge in [-0.05, 0) is 47.5 Å². The Morgan fingerprint density at radius 1 is 0.767 bits per heavy atom. The average Bonchev–Trinajstić information content (AvgIpc) is 3.05. The third-order valence-corrected chi connectivity index (χ3v) is 5.63. The van der Waals surface area contributed by atoms with Gasteiger partial charge in [-0.15, -0.1) is 0 Å². The Balaban J connectivity index is 1.66. The Morgan fingerprint density at radius 2 is 1.43 bits per heavy atom. The van der Waals surface area contributed by atoms with Crippen molar-refractivity contribution < 1.29 is 9.59 Å². The van der Waals surface area contributed by atoms with Crippen molar-refractivity contribution in [1.82, 2.24) is 0 Å². The van der Waals surface area contributed by atoms with Gasteiger partial charge in [0.1, 0.15) is 0 Å². The van der Waals surface area contributed by atoms with Crippen LogP contribution in [0.5, 0.6) is 0 Å². The molecular formula is C27H19NO2. The second-order valence-electron chi connectivity index (χ2n) is 7.55. The monoisotopic (exact) mass is 389 g/mol. The number of carbonyl (C=O) groups is 2. The quantitative estimate of drug-likeness (QED) is 0.395. The van der Waals surface area contributed by atoms with E-state index in [2.05, 4.69) is 24.3 Å². The number of aliphatic imine (C=N–C) groups is 1. The standard InChI is InChI=1S/C27H19NO2/c1-17(29)18-12-14-22(15-13-18)28-26-23-8-4-5-9-24(23)27(30)25(26)21-11-10-19-6-2-3-7-20(19)16-21/h2-16,25H,1H3/t25-/m1/s1. The Labute approximate surface area is 174 Å². The van der Waals surface area contributed by atoms with Crippen molar-refractivity contribution in [1.29, 1.82) is 0 Å². The summed E-state index contributed by atoms with van der Waals surface area (Å²) >= 11 is 0. The molecule has 4 aromatic rings. The topological polar surface area (TPSA) is 46.5 Å². The summed E-state index contributed by atoms with van der Waals surface area (Å²) in [4.78, 5) is 29.8. The van der Waals surface area contributed by atoms with Crippen LogP contribution in [0.4, 0.5) is 5.69 Å². The number of Topliss-reactive ketones (excluding diaryl/α,β-unsaturated/α-hetero) is 2. The predicted octanol–water partition coefficient (Wildman–Crippen LogP) is 6.14. The molecule has 0 heterocycles. The van der Waals surface area contributed by atoms with Crippen LogP contribution in [0.25, 0.3) is 10.8 Å². The van der Waals surface area contributed by atoms with Gasteiger partial charge in [-0.25, -0.2) is 0 Å². The number of nitrogens with zero attached hydrogens (tertiary/aromatic N) is 1. The van der Waals surface area contributed by atoms with Gasteiger partial charge in [0.2, 0.25) is 0 Å². The fraction of sp³-hybridized carbons (Fsp3) is 0.0741. The Hall–Kier alpha value is -3.85. The fourth-order valence-corrected chi connectivity index (χ4v) is 4.09. The molecule has 0 radical (unpaired) electrons. The zero-order valence-electron chi connectivity index (χ0n) is 16.5. The summed E-state index contributed by atoms with van der Waals surface area (Å²) in [6, 6.07) is 29.1. The Morgan fingerprint density at radius 3 is 2.17 bits per heavy atom. The first kappa shape index (κ1) is 18.2. The van der Waals surface area contributed by atoms with Crippen molar-refractivity contribution in [2.75, 3.05) is 0 Å². The van der Waals surface area contributed by atoms with Crippen LogP contribution < -0.4 is 0 Å². The summed E-state index contributed by atoms with van der Waals surface area (Å²) in [6.07, 6.45) is 0. The molecule has 0 saturated carbocycles. The highest BCUT2D eigenvalue weighted by Crippen LogP contribution is 2.37. The second-order valence-corrected chi connectivity index (χ2v) is 7.55. The van der Waals surface area contributed by atoms with Gasteiger partial charge in [-0.2, -0.15) is 0 Å². The molecular weight excluding hydrogens is 370 g/mol. The van der Waals surface area contributed by atoms with Crippen LogP contribution in [0.3, 0.4) is 0 Å². The number of hydrogen-bond donors (Lipinski definition) is 0. The lowest BCUT2D eigenvalue weighted by Gasteiger charge is -2.12. The molecule has 0 aliphatic heterocycles. The van der Waals surface area contributed by atoms with Crippen LogP contribution in [-0.4, -0.2) is 17.3 Å². The molecule has 0 saturated heterocycles. The largest absolute Gasteiger partial charge is 0.295 e. The number of hydrogen-bond acceptors (Lipinski definition) is 3. The number of carbonyl (C=O) groups excluding carboxylic acids is 2. The van der Waals surface area contributed by atoms with Gasteiger partial charge in [-0.3, -0.25) is 14.6 Å². The van der Waals surface area contributed by atoms with E-state index in [4.69, 9.17) is 4.99 Å². The third-order valence-electron chi connectivity index (χ3n) is 5.63. The van der Waals surface area contributed by atoms with E-state index in [0.717, 1.165) is 33.3 Å². The first-order valence-electron chi connectivity index (χ1n) is 9.94. The van der Waals surface area contributed by atoms with E-state index in [0.29, 0.717) is 11.1 Å². The summed E-state index contributed by atoms with van der Waals surface area (Å²) in [6.45, 7) is 1.54. The SMILES string of the molecule is CC(=O)c1ccc(N=C2c3ccccc3C(=O)[C@@H]2c2ccc3ccccc3c2)cc1. The smallest absolute Gasteiger partial charge is 0.176 e. The molecule has 0 N–H and O–H groups in total. The average molecular weight is 389 g/mol. The molecule has 0 amide bonds. The highest BCUT2D eigenvalue weighted by molar-refractivity contribution is 6.32. The molecule has 0 aromatic heterocycles. The summed E-state index contributed by atoms with van der Waals surface area (Å²) < 4.78 is 0. The molecule has 0 fully saturated rings. The van der Waals surface area contributed by atoms with Gasteiger partial charge in [-0.1, -0.05) is 66.7 Å². The molecule has 5 rings (SSSR count). The molecule has 1 aliphatic carbocycles. The molecule has 1 atom stereocenters. The first-order chi connectivity index (χ1) is 14.6. The van der Waals surface area contributed by atoms with E-state index in [9.17, 15) is 9.59 Å². The van der Waals surface area contributed by atoms with Gasteiger partial charge < -0.3 is 0 Å². The second kappa shape index (κ2) is 7.20. The molecule has 30 heavy (non-hydrogen) atoms. The molecule has 1 aliphatic rings. The minimum atomic E-state index is -0.445. The maximum atomic E-state index is 13.4. The highest BCUT2D eigenvalue weighted by Gasteiger charge is 2.37. The van der Waals surface area contributed by atoms with Crippen molar-refractivity contribution in [3.63, 3.8) is 0 Å². The van der Waals surface area contributed by atoms with Gasteiger partial charge in [0.25, 0.3) is 0 Å². The van der Waals surface area contributed by atoms with Crippen LogP contribution >= 0.6 is 0 Å². The molecule has 4 aromatic carbocycles. The van der Waals surface area contributed by atoms with Crippen LogP contribution in [-0.2, 0) is 0 Å². The minimum Gasteiger partial charge on any atom is -0.295 e. The van der Waals surface area contributed by atoms with Crippen LogP contribution in [0, 0.1) is 0 Å². The molecule has 0 spiro atoms. The van der Waals surface area contributed by atoms with Crippen molar-refractivity contribution in [2.45, 2.75) is 12.8 Å². The number of rotatable bonds is 3. The molecule has 0 unspecified atom stereocenters. The van der Waals surface area contributed by atoms with Gasteiger partial charge in [0, 0.05) is 16.7 Å². The number of fused-ring (bicyclic) bond motifs is 2. The van der Waals surface area contributed by atoms with Crippen molar-refractivity contribution in [3.05, 3.63) is 113 Å². The van der Waals surface area contributed by atoms with Gasteiger partial charge in [0.05, 0.1) is 17.3 Å². The zero-order chi connectivity index (χ0) is 20.7. The van der Waals surface area contributed by atoms with Crippen molar-refractivity contribution in [3.8, 4) is 0 Å². The lowest BCUT2D eigenvalue weighted by Crippen LogP contribution is -2.13. The highest BCUT2D eigenvalue weighted by atomic mass is 16.1.